The normalized spacial score (nSPS) is 11.3. The van der Waals surface area contributed by atoms with Crippen molar-refractivity contribution in [3.05, 3.63) is 288 Å². The molecule has 0 aliphatic rings. The molecule has 15 rings (SSSR count). The van der Waals surface area contributed by atoms with Crippen LogP contribution in [0.25, 0.3) is 72.0 Å². The third-order valence-corrected chi connectivity index (χ3v) is 21.4. The van der Waals surface area contributed by atoms with Crippen LogP contribution in [0.4, 0.5) is 30.6 Å². The van der Waals surface area contributed by atoms with Gasteiger partial charge in [0.25, 0.3) is 46.7 Å². The number of pyridine rings is 6. The lowest BCUT2D eigenvalue weighted by Crippen LogP contribution is -2.29. The van der Waals surface area contributed by atoms with Gasteiger partial charge in [0.2, 0.25) is 0 Å². The predicted molar refractivity (Wildman–Crippen MR) is 424 cm³/mol. The van der Waals surface area contributed by atoms with Crippen LogP contribution < -0.4 is 50.5 Å². The minimum Gasteiger partial charge on any atom is -0.495 e. The summed E-state index contributed by atoms with van der Waals surface area (Å²) in [5.41, 5.74) is 1.71. The van der Waals surface area contributed by atoms with Crippen LogP contribution in [0, 0.1) is 17.5 Å². The highest BCUT2D eigenvalue weighted by Gasteiger charge is 2.25. The maximum absolute atomic E-state index is 15.3. The van der Waals surface area contributed by atoms with Crippen LogP contribution in [0.5, 0.6) is 17.2 Å². The topological polar surface area (TPSA) is 389 Å². The summed E-state index contributed by atoms with van der Waals surface area (Å²) < 4.78 is 162. The van der Waals surface area contributed by atoms with Crippen LogP contribution >= 0.6 is 60.6 Å². The molecule has 1 atom stereocenters. The van der Waals surface area contributed by atoms with Gasteiger partial charge in [0.15, 0.2) is 17.5 Å². The van der Waals surface area contributed by atoms with Gasteiger partial charge in [-0.15, -0.1) is 0 Å². The van der Waals surface area contributed by atoms with Gasteiger partial charge in [-0.3, -0.25) is 57.2 Å². The van der Waals surface area contributed by atoms with E-state index in [1.165, 1.54) is 243 Å². The molecule has 15 aromatic rings. The van der Waals surface area contributed by atoms with Crippen molar-refractivity contribution in [3.8, 4) is 56.6 Å². The van der Waals surface area contributed by atoms with Crippen molar-refractivity contribution < 1.29 is 76.3 Å². The number of halogens is 7. The Balaban J connectivity index is 0.000000157. The average Bonchev–Trinajstić information content (AvgIpc) is 0.965. The number of fused-ring (bicyclic) bond motifs is 3. The number of sulfonamides is 3. The molecule has 0 fully saturated rings. The molecule has 29 nitrogen and oxygen atoms in total. The maximum Gasteiger partial charge on any atom is 0.490 e. The Kier molecular flexibility index (Phi) is 25.4. The summed E-state index contributed by atoms with van der Waals surface area (Å²) in [5.74, 6) is -1.06. The molecule has 578 valence electrons. The Bertz CT molecular complexity index is 6390. The molecule has 0 amide bonds. The predicted octanol–water partition coefficient (Wildman–Crippen LogP) is 12.4. The van der Waals surface area contributed by atoms with Crippen LogP contribution in [-0.4, -0.2) is 108 Å². The van der Waals surface area contributed by atoms with Crippen molar-refractivity contribution in [1.82, 2.24) is 44.1 Å². The van der Waals surface area contributed by atoms with Gasteiger partial charge in [-0.25, -0.2) is 38.4 Å². The standard InChI is InChI=1S/2C24H16ClFN4O5S.C19H13BrFN3O5S.C5H5BClNO2.H3P/c2*1-34-22-10-18(15-8-16(25)13-27-12-15)19(26)11-21(22)30-20-4-3-17(9-14(20)2-5-24(30)31)36(32,33)29-23-6-7-35-28-23;1-28-17-9-13(20)14(21)10-16(17)24-15-4-3-12(8-11(15)2-5-19(24)25)30(26,27)23-18-6-7-29-22-18;7-5-1-4(6(9)10)2-8-3-5;/h2*2-13H,1H3,(H,28,29);2-10H,1H3,(H,22,23);1-3,9-10H;1H3. The smallest absolute Gasteiger partial charge is 0.490 e. The van der Waals surface area contributed by atoms with E-state index >= 15 is 8.78 Å². The second-order valence-electron chi connectivity index (χ2n) is 23.2. The van der Waals surface area contributed by atoms with E-state index in [1.54, 1.807) is 12.1 Å². The quantitative estimate of drug-likeness (QED) is 0.0393. The Hall–Kier alpha value is -11.8. The van der Waals surface area contributed by atoms with E-state index in [-0.39, 0.29) is 91.9 Å². The number of anilines is 3. The first kappa shape index (κ1) is 82.2. The van der Waals surface area contributed by atoms with Crippen LogP contribution in [0.3, 0.4) is 0 Å². The number of methoxy groups -OCH3 is 3. The minimum absolute atomic E-state index is 0. The first-order valence-corrected chi connectivity index (χ1v) is 38.2. The number of ether oxygens (including phenoxy) is 3. The zero-order valence-electron chi connectivity index (χ0n) is 58.0. The molecular weight excluding hydrogens is 1690 g/mol. The molecule has 113 heavy (non-hydrogen) atoms. The second-order valence-corrected chi connectivity index (χ2v) is 30.4. The molecule has 0 radical (unpaired) electrons. The fraction of sp³-hybridized carbons (Fsp3) is 0.0417. The van der Waals surface area contributed by atoms with Crippen molar-refractivity contribution in [3.63, 3.8) is 0 Å². The highest BCUT2D eigenvalue weighted by Crippen LogP contribution is 2.38. The number of hydrogen-bond donors (Lipinski definition) is 5. The first-order chi connectivity index (χ1) is 53.5. The minimum atomic E-state index is -3.98. The van der Waals surface area contributed by atoms with Gasteiger partial charge < -0.3 is 37.8 Å². The van der Waals surface area contributed by atoms with E-state index in [0.717, 1.165) is 0 Å². The molecule has 9 aromatic heterocycles. The van der Waals surface area contributed by atoms with E-state index in [1.807, 2.05) is 0 Å². The fourth-order valence-corrected chi connectivity index (χ4v) is 15.0. The lowest BCUT2D eigenvalue weighted by atomic mass is 9.82. The van der Waals surface area contributed by atoms with Crippen molar-refractivity contribution in [2.24, 2.45) is 0 Å². The molecule has 1 unspecified atom stereocenters. The number of nitrogens with zero attached hydrogens (tertiary/aromatic N) is 9. The summed E-state index contributed by atoms with van der Waals surface area (Å²) in [6, 6.07) is 37.3. The maximum atomic E-state index is 15.3. The van der Waals surface area contributed by atoms with Crippen molar-refractivity contribution >= 4 is 153 Å². The Morgan fingerprint density at radius 3 is 1.05 bits per heavy atom. The third-order valence-electron chi connectivity index (χ3n) is 16.1. The number of benzene rings is 6. The molecule has 5 N–H and O–H groups in total. The lowest BCUT2D eigenvalue weighted by Gasteiger charge is -2.16. The highest BCUT2D eigenvalue weighted by atomic mass is 79.9. The number of aromatic nitrogens is 9. The Morgan fingerprint density at radius 1 is 0.425 bits per heavy atom. The summed E-state index contributed by atoms with van der Waals surface area (Å²) in [6.07, 6.45) is 12.3. The average molecular weight is 1740 g/mol. The zero-order chi connectivity index (χ0) is 79.9. The SMILES string of the molecule is COc1cc(-c2cncc(Cl)c2)c(F)cc1-n1c(=O)ccc2cc(S(=O)(=O)Nc3ccon3)ccc21.COc1cc(-c2cncc(Cl)c2)c(F)cc1-n1c(=O)ccc2cc(S(=O)(=O)Nc3ccon3)ccc21.COc1cc(Br)c(F)cc1-n1c(=O)ccc2cc(S(=O)(=O)Nc3ccon3)ccc21.OB(O)c1cncc(Cl)c1.P. The molecule has 0 bridgehead atoms. The summed E-state index contributed by atoms with van der Waals surface area (Å²) >= 11 is 20.6. The van der Waals surface area contributed by atoms with E-state index < -0.39 is 71.3 Å². The van der Waals surface area contributed by atoms with Gasteiger partial charge in [-0.2, -0.15) is 9.90 Å². The van der Waals surface area contributed by atoms with Crippen LogP contribution in [-0.2, 0) is 30.1 Å². The van der Waals surface area contributed by atoms with Gasteiger partial charge in [0.1, 0.15) is 53.5 Å². The van der Waals surface area contributed by atoms with E-state index in [9.17, 15) is 44.0 Å². The van der Waals surface area contributed by atoms with Gasteiger partial charge in [-0.1, -0.05) is 50.3 Å². The van der Waals surface area contributed by atoms with Gasteiger partial charge >= 0.3 is 7.12 Å². The van der Waals surface area contributed by atoms with E-state index in [4.69, 9.17) is 59.1 Å². The van der Waals surface area contributed by atoms with Gasteiger partial charge in [-0.05, 0) is 125 Å². The molecule has 0 aliphatic heterocycles. The summed E-state index contributed by atoms with van der Waals surface area (Å²) in [6.45, 7) is 0. The molecule has 41 heteroatoms. The summed E-state index contributed by atoms with van der Waals surface area (Å²) in [5, 5.41) is 30.2. The Morgan fingerprint density at radius 2 is 0.752 bits per heavy atom. The van der Waals surface area contributed by atoms with Crippen LogP contribution in [0.1, 0.15) is 0 Å². The van der Waals surface area contributed by atoms with Gasteiger partial charge in [0, 0.05) is 136 Å². The number of nitrogens with one attached hydrogen (secondary N) is 3. The fourth-order valence-electron chi connectivity index (χ4n) is 11.1. The van der Waals surface area contributed by atoms with E-state index in [0.29, 0.717) is 64.4 Å². The summed E-state index contributed by atoms with van der Waals surface area (Å²) in [4.78, 5) is 49.9. The van der Waals surface area contributed by atoms with Crippen molar-refractivity contribution in [2.75, 3.05) is 35.5 Å². The molecule has 6 aromatic carbocycles. The van der Waals surface area contributed by atoms with Crippen molar-refractivity contribution in [2.45, 2.75) is 14.7 Å². The first-order valence-electron chi connectivity index (χ1n) is 31.8. The highest BCUT2D eigenvalue weighted by molar-refractivity contribution is 9.10. The number of rotatable bonds is 18. The summed E-state index contributed by atoms with van der Waals surface area (Å²) in [7, 11) is -9.20. The Labute approximate surface area is 663 Å². The molecule has 0 aliphatic carbocycles. The third kappa shape index (κ3) is 18.6. The molecule has 0 spiro atoms. The monoisotopic (exact) mass is 1740 g/mol. The zero-order valence-corrected chi connectivity index (χ0v) is 65.7. The molecule has 9 heterocycles. The second kappa shape index (κ2) is 34.9. The van der Waals surface area contributed by atoms with Crippen LogP contribution in [0.2, 0.25) is 15.1 Å². The van der Waals surface area contributed by atoms with Crippen molar-refractivity contribution in [1.29, 1.82) is 0 Å². The van der Waals surface area contributed by atoms with E-state index in [2.05, 4.69) is 74.1 Å². The molecule has 0 saturated heterocycles. The lowest BCUT2D eigenvalue weighted by molar-refractivity contribution is 0.411. The molecule has 0 saturated carbocycles. The number of hydrogen-bond acceptors (Lipinski definition) is 23. The largest absolute Gasteiger partial charge is 0.495 e. The molecular formula is C72H53BBrCl3F3N12O17PS3. The van der Waals surface area contributed by atoms with Gasteiger partial charge in [0.05, 0.1) is 89.2 Å². The van der Waals surface area contributed by atoms with Crippen LogP contribution in [0.15, 0.2) is 267 Å².